The SMILES string of the molecule is CSCC[C@H](N)C(=O)N1CCN(CCOC(C)C)CC1. The number of hydrogen-bond donors (Lipinski definition) is 1. The fourth-order valence-corrected chi connectivity index (χ4v) is 2.70. The van der Waals surface area contributed by atoms with Gasteiger partial charge in [0.05, 0.1) is 18.8 Å². The van der Waals surface area contributed by atoms with Gasteiger partial charge >= 0.3 is 0 Å². The standard InChI is InChI=1S/C14H29N3O2S/c1-12(2)19-10-9-16-5-7-17(8-6-16)14(18)13(15)4-11-20-3/h12-13H,4-11,15H2,1-3H3/t13-/m0/s1. The fraction of sp³-hybridized carbons (Fsp3) is 0.929. The van der Waals surface area contributed by atoms with Crippen LogP contribution in [0.3, 0.4) is 0 Å². The molecular formula is C14H29N3O2S. The lowest BCUT2D eigenvalue weighted by Gasteiger charge is -2.35. The monoisotopic (exact) mass is 303 g/mol. The van der Waals surface area contributed by atoms with Gasteiger partial charge in [0.1, 0.15) is 0 Å². The van der Waals surface area contributed by atoms with Gasteiger partial charge in [0, 0.05) is 32.7 Å². The molecule has 1 atom stereocenters. The molecule has 0 unspecified atom stereocenters. The van der Waals surface area contributed by atoms with E-state index < -0.39 is 0 Å². The summed E-state index contributed by atoms with van der Waals surface area (Å²) in [4.78, 5) is 16.4. The van der Waals surface area contributed by atoms with Gasteiger partial charge in [-0.25, -0.2) is 0 Å². The van der Waals surface area contributed by atoms with Crippen LogP contribution < -0.4 is 5.73 Å². The Morgan fingerprint density at radius 1 is 1.30 bits per heavy atom. The maximum Gasteiger partial charge on any atom is 0.239 e. The van der Waals surface area contributed by atoms with Gasteiger partial charge in [-0.3, -0.25) is 9.69 Å². The molecule has 0 aliphatic carbocycles. The lowest BCUT2D eigenvalue weighted by Crippen LogP contribution is -2.53. The number of thioether (sulfide) groups is 1. The number of ether oxygens (including phenoxy) is 1. The first-order chi connectivity index (χ1) is 9.54. The summed E-state index contributed by atoms with van der Waals surface area (Å²) in [5.74, 6) is 1.05. The molecule has 5 nitrogen and oxygen atoms in total. The number of nitrogens with zero attached hydrogens (tertiary/aromatic N) is 2. The van der Waals surface area contributed by atoms with Gasteiger partial charge in [-0.1, -0.05) is 0 Å². The molecule has 0 aromatic heterocycles. The molecule has 1 aliphatic rings. The van der Waals surface area contributed by atoms with Crippen molar-refractivity contribution in [2.45, 2.75) is 32.4 Å². The highest BCUT2D eigenvalue weighted by Crippen LogP contribution is 2.07. The van der Waals surface area contributed by atoms with Crippen LogP contribution in [-0.4, -0.2) is 79.2 Å². The van der Waals surface area contributed by atoms with Crippen molar-refractivity contribution in [3.63, 3.8) is 0 Å². The highest BCUT2D eigenvalue weighted by atomic mass is 32.2. The summed E-state index contributed by atoms with van der Waals surface area (Å²) in [6.07, 6.45) is 3.09. The van der Waals surface area contributed by atoms with Gasteiger partial charge in [-0.15, -0.1) is 0 Å². The van der Waals surface area contributed by atoms with Crippen LogP contribution in [0.15, 0.2) is 0 Å². The van der Waals surface area contributed by atoms with E-state index in [0.717, 1.165) is 51.5 Å². The second-order valence-corrected chi connectivity index (χ2v) is 6.46. The summed E-state index contributed by atoms with van der Waals surface area (Å²) in [6, 6.07) is -0.335. The maximum absolute atomic E-state index is 12.2. The predicted molar refractivity (Wildman–Crippen MR) is 85.1 cm³/mol. The lowest BCUT2D eigenvalue weighted by molar-refractivity contribution is -0.134. The molecule has 20 heavy (non-hydrogen) atoms. The predicted octanol–water partition coefficient (Wildman–Crippen LogP) is 0.636. The van der Waals surface area contributed by atoms with Crippen molar-refractivity contribution in [1.29, 1.82) is 0 Å². The van der Waals surface area contributed by atoms with E-state index in [9.17, 15) is 4.79 Å². The lowest BCUT2D eigenvalue weighted by atomic mass is 10.2. The van der Waals surface area contributed by atoms with Gasteiger partial charge in [0.2, 0.25) is 5.91 Å². The minimum absolute atomic E-state index is 0.108. The average molecular weight is 303 g/mol. The Morgan fingerprint density at radius 3 is 2.50 bits per heavy atom. The van der Waals surface area contributed by atoms with Gasteiger partial charge in [-0.2, -0.15) is 11.8 Å². The molecule has 118 valence electrons. The van der Waals surface area contributed by atoms with Gasteiger partial charge < -0.3 is 15.4 Å². The van der Waals surface area contributed by atoms with Gasteiger partial charge in [-0.05, 0) is 32.3 Å². The Kier molecular flexibility index (Phi) is 8.52. The number of nitrogens with two attached hydrogens (primary N) is 1. The van der Waals surface area contributed by atoms with Gasteiger partial charge in [0.25, 0.3) is 0 Å². The molecule has 2 N–H and O–H groups in total. The third-order valence-corrected chi connectivity index (χ3v) is 4.14. The Labute approximate surface area is 127 Å². The molecule has 0 aromatic rings. The number of piperazine rings is 1. The van der Waals surface area contributed by atoms with E-state index in [1.54, 1.807) is 11.8 Å². The molecule has 1 rings (SSSR count). The minimum Gasteiger partial charge on any atom is -0.377 e. The molecule has 1 amide bonds. The topological polar surface area (TPSA) is 58.8 Å². The van der Waals surface area contributed by atoms with E-state index >= 15 is 0 Å². The number of hydrogen-bond acceptors (Lipinski definition) is 5. The van der Waals surface area contributed by atoms with Crippen molar-refractivity contribution in [3.05, 3.63) is 0 Å². The third-order valence-electron chi connectivity index (χ3n) is 3.49. The zero-order valence-corrected chi connectivity index (χ0v) is 13.8. The van der Waals surface area contributed by atoms with Crippen LogP contribution in [0.5, 0.6) is 0 Å². The summed E-state index contributed by atoms with van der Waals surface area (Å²) in [6.45, 7) is 9.21. The van der Waals surface area contributed by atoms with Gasteiger partial charge in [0.15, 0.2) is 0 Å². The van der Waals surface area contributed by atoms with E-state index in [1.807, 2.05) is 25.0 Å². The van der Waals surface area contributed by atoms with E-state index in [4.69, 9.17) is 10.5 Å². The van der Waals surface area contributed by atoms with Crippen LogP contribution in [0.25, 0.3) is 0 Å². The zero-order valence-electron chi connectivity index (χ0n) is 13.0. The minimum atomic E-state index is -0.335. The highest BCUT2D eigenvalue weighted by molar-refractivity contribution is 7.98. The van der Waals surface area contributed by atoms with E-state index in [-0.39, 0.29) is 18.1 Å². The quantitative estimate of drug-likeness (QED) is 0.713. The van der Waals surface area contributed by atoms with Crippen LogP contribution in [0, 0.1) is 0 Å². The zero-order chi connectivity index (χ0) is 15.0. The first kappa shape index (κ1) is 17.8. The van der Waals surface area contributed by atoms with Crippen molar-refractivity contribution in [2.24, 2.45) is 5.73 Å². The van der Waals surface area contributed by atoms with Crippen LogP contribution in [0.1, 0.15) is 20.3 Å². The van der Waals surface area contributed by atoms with Crippen LogP contribution in [0.2, 0.25) is 0 Å². The Bertz CT molecular complexity index is 282. The molecule has 1 heterocycles. The summed E-state index contributed by atoms with van der Waals surface area (Å²) in [5, 5.41) is 0. The van der Waals surface area contributed by atoms with Crippen LogP contribution >= 0.6 is 11.8 Å². The normalized spacial score (nSPS) is 18.6. The molecular weight excluding hydrogens is 274 g/mol. The number of carbonyl (C=O) groups excluding carboxylic acids is 1. The number of amides is 1. The molecule has 1 saturated heterocycles. The average Bonchev–Trinajstić information content (AvgIpc) is 2.44. The van der Waals surface area contributed by atoms with Crippen molar-refractivity contribution >= 4 is 17.7 Å². The van der Waals surface area contributed by atoms with Crippen molar-refractivity contribution in [2.75, 3.05) is 51.3 Å². The third kappa shape index (κ3) is 6.43. The fourth-order valence-electron chi connectivity index (χ4n) is 2.21. The van der Waals surface area contributed by atoms with Crippen LogP contribution in [-0.2, 0) is 9.53 Å². The largest absolute Gasteiger partial charge is 0.377 e. The number of carbonyl (C=O) groups is 1. The number of rotatable bonds is 8. The van der Waals surface area contributed by atoms with E-state index in [0.29, 0.717) is 0 Å². The van der Waals surface area contributed by atoms with Crippen molar-refractivity contribution < 1.29 is 9.53 Å². The Balaban J connectivity index is 2.22. The van der Waals surface area contributed by atoms with E-state index in [2.05, 4.69) is 4.90 Å². The molecule has 0 saturated carbocycles. The Hall–Kier alpha value is -0.300. The summed E-state index contributed by atoms with van der Waals surface area (Å²) in [5.41, 5.74) is 5.94. The first-order valence-corrected chi connectivity index (χ1v) is 8.81. The molecule has 0 spiro atoms. The second kappa shape index (κ2) is 9.60. The van der Waals surface area contributed by atoms with Crippen LogP contribution in [0.4, 0.5) is 0 Å². The molecule has 0 bridgehead atoms. The molecule has 0 aromatic carbocycles. The summed E-state index contributed by atoms with van der Waals surface area (Å²) >= 11 is 1.73. The second-order valence-electron chi connectivity index (χ2n) is 5.47. The summed E-state index contributed by atoms with van der Waals surface area (Å²) in [7, 11) is 0. The van der Waals surface area contributed by atoms with Crippen molar-refractivity contribution in [3.8, 4) is 0 Å². The Morgan fingerprint density at radius 2 is 1.95 bits per heavy atom. The highest BCUT2D eigenvalue weighted by Gasteiger charge is 2.24. The summed E-state index contributed by atoms with van der Waals surface area (Å²) < 4.78 is 5.56. The molecule has 1 aliphatic heterocycles. The molecule has 0 radical (unpaired) electrons. The first-order valence-electron chi connectivity index (χ1n) is 7.42. The molecule has 6 heteroatoms. The smallest absolute Gasteiger partial charge is 0.239 e. The molecule has 1 fully saturated rings. The van der Waals surface area contributed by atoms with E-state index in [1.165, 1.54) is 0 Å². The van der Waals surface area contributed by atoms with Crippen molar-refractivity contribution in [1.82, 2.24) is 9.80 Å². The maximum atomic E-state index is 12.2.